The number of nitrogens with zero attached hydrogens (tertiary/aromatic N) is 4. The van der Waals surface area contributed by atoms with E-state index in [-0.39, 0.29) is 23.9 Å². The highest BCUT2D eigenvalue weighted by Crippen LogP contribution is 2.37. The summed E-state index contributed by atoms with van der Waals surface area (Å²) in [6, 6.07) is 8.77. The number of pyridine rings is 1. The number of imide groups is 1. The quantitative estimate of drug-likeness (QED) is 0.373. The lowest BCUT2D eigenvalue weighted by molar-refractivity contribution is -0.137. The van der Waals surface area contributed by atoms with E-state index in [1.165, 1.54) is 0 Å². The van der Waals surface area contributed by atoms with Gasteiger partial charge in [-0.15, -0.1) is 0 Å². The van der Waals surface area contributed by atoms with Crippen molar-refractivity contribution >= 4 is 34.9 Å². The number of anilines is 1. The molecule has 3 aromatic rings. The summed E-state index contributed by atoms with van der Waals surface area (Å²) in [5, 5.41) is 5.09. The van der Waals surface area contributed by atoms with Crippen LogP contribution in [0.3, 0.4) is 0 Å². The fourth-order valence-corrected chi connectivity index (χ4v) is 5.60. The molecule has 10 nitrogen and oxygen atoms in total. The van der Waals surface area contributed by atoms with Crippen LogP contribution in [0.5, 0.6) is 11.5 Å². The molecule has 6 rings (SSSR count). The Balaban J connectivity index is 1.06. The molecule has 0 unspecified atom stereocenters. The van der Waals surface area contributed by atoms with Gasteiger partial charge in [-0.25, -0.2) is 9.97 Å². The summed E-state index contributed by atoms with van der Waals surface area (Å²) in [4.78, 5) is 39.0. The van der Waals surface area contributed by atoms with Gasteiger partial charge in [-0.2, -0.15) is 13.2 Å². The molecule has 42 heavy (non-hydrogen) atoms. The van der Waals surface area contributed by atoms with Gasteiger partial charge in [-0.1, -0.05) is 0 Å². The summed E-state index contributed by atoms with van der Waals surface area (Å²) >= 11 is 0.833. The molecule has 1 aromatic carbocycles. The molecule has 0 aliphatic carbocycles. The Bertz CT molecular complexity index is 1560. The van der Waals surface area contributed by atoms with Crippen LogP contribution in [0.4, 0.5) is 23.9 Å². The molecule has 2 amide bonds. The van der Waals surface area contributed by atoms with E-state index < -0.39 is 22.9 Å². The molecule has 218 valence electrons. The van der Waals surface area contributed by atoms with Crippen molar-refractivity contribution in [2.24, 2.45) is 5.92 Å². The Labute approximate surface area is 242 Å². The predicted molar refractivity (Wildman–Crippen MR) is 149 cm³/mol. The summed E-state index contributed by atoms with van der Waals surface area (Å²) < 4.78 is 51.7. The van der Waals surface area contributed by atoms with Crippen molar-refractivity contribution in [1.82, 2.24) is 25.6 Å². The molecule has 0 atom stereocenters. The standard InChI is InChI=1S/C28H25F3N6O4S/c29-28(30,31)18-10-20(34-21(11-18)17-1-2-22-23(9-17)41-15-40-22)14-32-13-16-4-7-37(8-5-16)26-33-6-3-19(35-26)12-24-25(38)36-27(39)42-24/h1-3,6,9-12,16,32H,4-5,7-8,13-15H2,(H,36,38,39)/b24-12+. The zero-order valence-electron chi connectivity index (χ0n) is 22.1. The van der Waals surface area contributed by atoms with Crippen LogP contribution in [0, 0.1) is 5.92 Å². The number of alkyl halides is 3. The summed E-state index contributed by atoms with van der Waals surface area (Å²) in [6.07, 6.45) is 0.346. The van der Waals surface area contributed by atoms with Crippen LogP contribution in [0.1, 0.15) is 29.8 Å². The SMILES string of the molecule is O=C1NC(=O)/C(=C\c2ccnc(N3CCC(CNCc4cc(C(F)(F)F)cc(-c5ccc6c(c5)OCO6)n4)CC3)n2)S1. The summed E-state index contributed by atoms with van der Waals surface area (Å²) in [7, 11) is 0. The molecule has 2 saturated heterocycles. The monoisotopic (exact) mass is 598 g/mol. The number of thioether (sulfide) groups is 1. The van der Waals surface area contributed by atoms with Gasteiger partial charge in [0.2, 0.25) is 12.7 Å². The third kappa shape index (κ3) is 6.34. The van der Waals surface area contributed by atoms with Gasteiger partial charge in [-0.05, 0) is 79.5 Å². The second-order valence-electron chi connectivity index (χ2n) is 9.99. The number of benzene rings is 1. The molecule has 3 aliphatic heterocycles. The van der Waals surface area contributed by atoms with Gasteiger partial charge in [0.1, 0.15) is 0 Å². The number of rotatable bonds is 7. The Morgan fingerprint density at radius 3 is 2.64 bits per heavy atom. The van der Waals surface area contributed by atoms with Gasteiger partial charge >= 0.3 is 6.18 Å². The highest BCUT2D eigenvalue weighted by molar-refractivity contribution is 8.18. The third-order valence-electron chi connectivity index (χ3n) is 7.10. The van der Waals surface area contributed by atoms with Crippen molar-refractivity contribution in [3.05, 3.63) is 64.5 Å². The zero-order chi connectivity index (χ0) is 29.3. The first-order valence-corrected chi connectivity index (χ1v) is 14.0. The molecule has 14 heteroatoms. The van der Waals surface area contributed by atoms with E-state index in [0.717, 1.165) is 36.7 Å². The van der Waals surface area contributed by atoms with Crippen LogP contribution in [-0.4, -0.2) is 52.5 Å². The Morgan fingerprint density at radius 2 is 1.88 bits per heavy atom. The number of carbonyl (C=O) groups is 2. The molecule has 0 radical (unpaired) electrons. The van der Waals surface area contributed by atoms with Crippen LogP contribution < -0.4 is 25.0 Å². The van der Waals surface area contributed by atoms with E-state index in [1.54, 1.807) is 36.5 Å². The smallest absolute Gasteiger partial charge is 0.416 e. The van der Waals surface area contributed by atoms with Crippen molar-refractivity contribution in [3.8, 4) is 22.8 Å². The second-order valence-corrected chi connectivity index (χ2v) is 11.0. The number of ether oxygens (including phenoxy) is 2. The minimum absolute atomic E-state index is 0.0724. The maximum atomic E-state index is 13.7. The number of hydrogen-bond donors (Lipinski definition) is 2. The van der Waals surface area contributed by atoms with E-state index in [9.17, 15) is 22.8 Å². The number of amides is 2. The zero-order valence-corrected chi connectivity index (χ0v) is 22.9. The molecular formula is C28H25F3N6O4S. The normalized spacial score (nSPS) is 18.2. The predicted octanol–water partition coefficient (Wildman–Crippen LogP) is 4.62. The van der Waals surface area contributed by atoms with Gasteiger partial charge < -0.3 is 19.7 Å². The molecular weight excluding hydrogens is 573 g/mol. The number of nitrogens with one attached hydrogen (secondary N) is 2. The lowest BCUT2D eigenvalue weighted by Gasteiger charge is -2.32. The number of halogens is 3. The first kappa shape index (κ1) is 28.0. The number of carbonyl (C=O) groups excluding carboxylic acids is 2. The van der Waals surface area contributed by atoms with Gasteiger partial charge in [-0.3, -0.25) is 19.9 Å². The van der Waals surface area contributed by atoms with Gasteiger partial charge in [0.05, 0.1) is 27.6 Å². The average Bonchev–Trinajstić information content (AvgIpc) is 3.57. The molecule has 3 aliphatic rings. The van der Waals surface area contributed by atoms with E-state index in [4.69, 9.17) is 9.47 Å². The summed E-state index contributed by atoms with van der Waals surface area (Å²) in [5.74, 6) is 1.43. The first-order chi connectivity index (χ1) is 20.2. The maximum Gasteiger partial charge on any atom is 0.416 e. The minimum atomic E-state index is -4.51. The van der Waals surface area contributed by atoms with Crippen LogP contribution in [-0.2, 0) is 17.5 Å². The van der Waals surface area contributed by atoms with Crippen molar-refractivity contribution in [3.63, 3.8) is 0 Å². The minimum Gasteiger partial charge on any atom is -0.454 e. The molecule has 2 N–H and O–H groups in total. The maximum absolute atomic E-state index is 13.7. The molecule has 0 bridgehead atoms. The van der Waals surface area contributed by atoms with Crippen LogP contribution in [0.25, 0.3) is 17.3 Å². The number of piperidine rings is 1. The fourth-order valence-electron chi connectivity index (χ4n) is 4.94. The molecule has 2 aromatic heterocycles. The molecule has 2 fully saturated rings. The lowest BCUT2D eigenvalue weighted by atomic mass is 9.97. The van der Waals surface area contributed by atoms with E-state index >= 15 is 0 Å². The number of aromatic nitrogens is 3. The van der Waals surface area contributed by atoms with Gasteiger partial charge in [0, 0.05) is 31.4 Å². The lowest BCUT2D eigenvalue weighted by Crippen LogP contribution is -2.38. The van der Waals surface area contributed by atoms with Crippen LogP contribution in [0.15, 0.2) is 47.5 Å². The topological polar surface area (TPSA) is 119 Å². The Kier molecular flexibility index (Phi) is 7.73. The fraction of sp³-hybridized carbons (Fsp3) is 0.321. The van der Waals surface area contributed by atoms with Gasteiger partial charge in [0.15, 0.2) is 11.5 Å². The van der Waals surface area contributed by atoms with Crippen LogP contribution >= 0.6 is 11.8 Å². The van der Waals surface area contributed by atoms with E-state index in [2.05, 4.69) is 30.5 Å². The summed E-state index contributed by atoms with van der Waals surface area (Å²) in [6.45, 7) is 2.30. The van der Waals surface area contributed by atoms with Crippen molar-refractivity contribution < 1.29 is 32.2 Å². The number of fused-ring (bicyclic) bond motifs is 1. The van der Waals surface area contributed by atoms with Crippen molar-refractivity contribution in [1.29, 1.82) is 0 Å². The first-order valence-electron chi connectivity index (χ1n) is 13.2. The van der Waals surface area contributed by atoms with E-state index in [0.29, 0.717) is 60.0 Å². The van der Waals surface area contributed by atoms with Crippen LogP contribution in [0.2, 0.25) is 0 Å². The Morgan fingerprint density at radius 1 is 1.07 bits per heavy atom. The average molecular weight is 599 g/mol. The van der Waals surface area contributed by atoms with Crippen molar-refractivity contribution in [2.45, 2.75) is 25.6 Å². The highest BCUT2D eigenvalue weighted by Gasteiger charge is 2.32. The summed E-state index contributed by atoms with van der Waals surface area (Å²) in [5.41, 5.74) is 0.798. The van der Waals surface area contributed by atoms with Gasteiger partial charge in [0.25, 0.3) is 11.1 Å². The second kappa shape index (κ2) is 11.6. The van der Waals surface area contributed by atoms with E-state index in [1.807, 2.05) is 0 Å². The Hall–Kier alpha value is -4.17. The molecule has 5 heterocycles. The number of hydrogen-bond acceptors (Lipinski definition) is 10. The van der Waals surface area contributed by atoms with Crippen molar-refractivity contribution in [2.75, 3.05) is 31.3 Å². The third-order valence-corrected chi connectivity index (χ3v) is 7.91. The largest absolute Gasteiger partial charge is 0.454 e. The molecule has 0 spiro atoms. The molecule has 0 saturated carbocycles. The highest BCUT2D eigenvalue weighted by atomic mass is 32.2.